The lowest BCUT2D eigenvalue weighted by atomic mass is 9.96. The summed E-state index contributed by atoms with van der Waals surface area (Å²) in [4.78, 5) is 20.0. The van der Waals surface area contributed by atoms with Crippen molar-refractivity contribution in [1.82, 2.24) is 19.3 Å². The number of nitrogens with one attached hydrogen (secondary N) is 1. The highest BCUT2D eigenvalue weighted by Gasteiger charge is 2.30. The molecule has 37 heavy (non-hydrogen) atoms. The van der Waals surface area contributed by atoms with Crippen LogP contribution in [0.2, 0.25) is 0 Å². The number of likely N-dealkylation sites (tertiary alicyclic amines) is 1. The summed E-state index contributed by atoms with van der Waals surface area (Å²) in [7, 11) is -3.55. The van der Waals surface area contributed by atoms with Crippen molar-refractivity contribution in [2.24, 2.45) is 5.92 Å². The summed E-state index contributed by atoms with van der Waals surface area (Å²) < 4.78 is 34.1. The molecule has 3 aromatic rings. The van der Waals surface area contributed by atoms with Gasteiger partial charge < -0.3 is 9.84 Å². The summed E-state index contributed by atoms with van der Waals surface area (Å²) in [6, 6.07) is 12.9. The van der Waals surface area contributed by atoms with Crippen LogP contribution in [-0.4, -0.2) is 59.8 Å². The van der Waals surface area contributed by atoms with E-state index in [-0.39, 0.29) is 16.7 Å². The number of anilines is 1. The number of sulfonamides is 1. The van der Waals surface area contributed by atoms with E-state index < -0.39 is 10.0 Å². The molecule has 0 bridgehead atoms. The van der Waals surface area contributed by atoms with Crippen LogP contribution in [0.1, 0.15) is 37.1 Å². The number of nitrogens with zero attached hydrogens (tertiary/aromatic N) is 4. The molecule has 1 N–H and O–H groups in total. The average molecular weight is 589 g/mol. The van der Waals surface area contributed by atoms with Crippen LogP contribution in [0.15, 0.2) is 56.4 Å². The molecule has 0 spiro atoms. The van der Waals surface area contributed by atoms with E-state index in [1.165, 1.54) is 4.31 Å². The van der Waals surface area contributed by atoms with Gasteiger partial charge in [0.2, 0.25) is 27.6 Å². The Balaban J connectivity index is 1.16. The lowest BCUT2D eigenvalue weighted by Crippen LogP contribution is -2.37. The molecule has 11 heteroatoms. The molecule has 2 saturated heterocycles. The summed E-state index contributed by atoms with van der Waals surface area (Å²) >= 11 is 3.46. The second kappa shape index (κ2) is 11.0. The van der Waals surface area contributed by atoms with Gasteiger partial charge >= 0.3 is 0 Å². The van der Waals surface area contributed by atoms with Crippen LogP contribution >= 0.6 is 15.9 Å². The number of carbonyl (C=O) groups is 1. The number of rotatable bonds is 7. The molecule has 2 aliphatic heterocycles. The van der Waals surface area contributed by atoms with Crippen LogP contribution in [0.25, 0.3) is 11.4 Å². The summed E-state index contributed by atoms with van der Waals surface area (Å²) in [5, 5.41) is 7.04. The van der Waals surface area contributed by atoms with Crippen molar-refractivity contribution in [3.8, 4) is 11.4 Å². The normalized spacial score (nSPS) is 17.8. The van der Waals surface area contributed by atoms with Crippen molar-refractivity contribution in [3.63, 3.8) is 0 Å². The van der Waals surface area contributed by atoms with Gasteiger partial charge in [0.05, 0.1) is 11.4 Å². The third-order valence-electron chi connectivity index (χ3n) is 7.01. The zero-order chi connectivity index (χ0) is 26.0. The Morgan fingerprint density at radius 1 is 1.11 bits per heavy atom. The fourth-order valence-corrected chi connectivity index (χ4v) is 7.04. The Labute approximate surface area is 225 Å². The molecular formula is C26H30BrN5O4S. The monoisotopic (exact) mass is 587 g/mol. The molecule has 2 aliphatic rings. The van der Waals surface area contributed by atoms with Crippen LogP contribution in [0.4, 0.5) is 5.69 Å². The summed E-state index contributed by atoms with van der Waals surface area (Å²) in [5.41, 5.74) is 2.08. The standard InChI is InChI=1S/C26H30BrN5O4S/c1-18-7-8-22(16-23(18)37(34,35)32-11-2-3-12-32)28-26(33)19-9-13-31(14-10-19)17-24-29-25(30-36-24)20-5-4-6-21(27)15-20/h4-8,15-16,19H,2-3,9-14,17H2,1H3,(H,28,33). The van der Waals surface area contributed by atoms with Crippen LogP contribution < -0.4 is 5.32 Å². The van der Waals surface area contributed by atoms with Crippen molar-refractivity contribution in [2.75, 3.05) is 31.5 Å². The molecule has 196 valence electrons. The number of benzene rings is 2. The maximum absolute atomic E-state index is 13.1. The van der Waals surface area contributed by atoms with Gasteiger partial charge in [0.15, 0.2) is 0 Å². The first-order chi connectivity index (χ1) is 17.8. The van der Waals surface area contributed by atoms with Crippen LogP contribution in [0.5, 0.6) is 0 Å². The van der Waals surface area contributed by atoms with Crippen LogP contribution in [-0.2, 0) is 21.4 Å². The molecule has 9 nitrogen and oxygen atoms in total. The minimum atomic E-state index is -3.55. The minimum absolute atomic E-state index is 0.0808. The largest absolute Gasteiger partial charge is 0.338 e. The van der Waals surface area contributed by atoms with Crippen molar-refractivity contribution in [2.45, 2.75) is 44.0 Å². The molecule has 0 unspecified atom stereocenters. The summed E-state index contributed by atoms with van der Waals surface area (Å²) in [6.45, 7) is 4.88. The number of carbonyl (C=O) groups excluding carboxylic acids is 1. The maximum Gasteiger partial charge on any atom is 0.243 e. The van der Waals surface area contributed by atoms with Crippen molar-refractivity contribution < 1.29 is 17.7 Å². The first-order valence-corrected chi connectivity index (χ1v) is 14.8. The van der Waals surface area contributed by atoms with Gasteiger partial charge in [0.25, 0.3) is 0 Å². The highest BCUT2D eigenvalue weighted by Crippen LogP contribution is 2.28. The molecular weight excluding hydrogens is 558 g/mol. The highest BCUT2D eigenvalue weighted by molar-refractivity contribution is 9.10. The van der Waals surface area contributed by atoms with E-state index in [9.17, 15) is 13.2 Å². The summed E-state index contributed by atoms with van der Waals surface area (Å²) in [5.74, 6) is 0.873. The predicted molar refractivity (Wildman–Crippen MR) is 143 cm³/mol. The third kappa shape index (κ3) is 5.95. The van der Waals surface area contributed by atoms with E-state index >= 15 is 0 Å². The highest BCUT2D eigenvalue weighted by atomic mass is 79.9. The molecule has 2 fully saturated rings. The Kier molecular flexibility index (Phi) is 7.75. The van der Waals surface area contributed by atoms with Gasteiger partial charge in [-0.2, -0.15) is 9.29 Å². The molecule has 0 aliphatic carbocycles. The topological polar surface area (TPSA) is 109 Å². The van der Waals surface area contributed by atoms with E-state index in [0.717, 1.165) is 36.0 Å². The first kappa shape index (κ1) is 26.0. The number of aromatic nitrogens is 2. The molecule has 1 aromatic heterocycles. The zero-order valence-electron chi connectivity index (χ0n) is 20.7. The summed E-state index contributed by atoms with van der Waals surface area (Å²) in [6.07, 6.45) is 3.16. The minimum Gasteiger partial charge on any atom is -0.338 e. The van der Waals surface area contributed by atoms with E-state index in [0.29, 0.717) is 55.4 Å². The second-order valence-corrected chi connectivity index (χ2v) is 12.5. The van der Waals surface area contributed by atoms with E-state index in [1.54, 1.807) is 25.1 Å². The van der Waals surface area contributed by atoms with Crippen LogP contribution in [0, 0.1) is 12.8 Å². The lowest BCUT2D eigenvalue weighted by molar-refractivity contribution is -0.121. The lowest BCUT2D eigenvalue weighted by Gasteiger charge is -2.30. The van der Waals surface area contributed by atoms with E-state index in [4.69, 9.17) is 4.52 Å². The molecule has 3 heterocycles. The average Bonchev–Trinajstić information content (AvgIpc) is 3.59. The molecule has 5 rings (SSSR count). The van der Waals surface area contributed by atoms with Gasteiger partial charge in [-0.15, -0.1) is 0 Å². The number of piperidine rings is 1. The van der Waals surface area contributed by atoms with Gasteiger partial charge in [-0.1, -0.05) is 39.3 Å². The van der Waals surface area contributed by atoms with Gasteiger partial charge in [0.1, 0.15) is 0 Å². The third-order valence-corrected chi connectivity index (χ3v) is 9.54. The van der Waals surface area contributed by atoms with Crippen LogP contribution in [0.3, 0.4) is 0 Å². The van der Waals surface area contributed by atoms with Crippen molar-refractivity contribution in [1.29, 1.82) is 0 Å². The Hall–Kier alpha value is -2.60. The van der Waals surface area contributed by atoms with Gasteiger partial charge in [0, 0.05) is 34.7 Å². The van der Waals surface area contributed by atoms with Gasteiger partial charge in [-0.05, 0) is 75.5 Å². The quantitative estimate of drug-likeness (QED) is 0.435. The second-order valence-electron chi connectivity index (χ2n) is 9.65. The SMILES string of the molecule is Cc1ccc(NC(=O)C2CCN(Cc3nc(-c4cccc(Br)c4)no3)CC2)cc1S(=O)(=O)N1CCCC1. The van der Waals surface area contributed by atoms with Crippen molar-refractivity contribution >= 4 is 37.5 Å². The smallest absolute Gasteiger partial charge is 0.243 e. The molecule has 0 saturated carbocycles. The number of hydrogen-bond acceptors (Lipinski definition) is 7. The number of hydrogen-bond donors (Lipinski definition) is 1. The molecule has 2 aromatic carbocycles. The fraction of sp³-hybridized carbons (Fsp3) is 0.423. The van der Waals surface area contributed by atoms with Gasteiger partial charge in [-0.25, -0.2) is 8.42 Å². The van der Waals surface area contributed by atoms with E-state index in [1.807, 2.05) is 24.3 Å². The molecule has 0 atom stereocenters. The molecule has 0 radical (unpaired) electrons. The Morgan fingerprint density at radius 3 is 2.59 bits per heavy atom. The van der Waals surface area contributed by atoms with Crippen molar-refractivity contribution in [3.05, 3.63) is 58.4 Å². The molecule has 1 amide bonds. The number of amides is 1. The first-order valence-electron chi connectivity index (χ1n) is 12.5. The Morgan fingerprint density at radius 2 is 1.86 bits per heavy atom. The maximum atomic E-state index is 13.1. The fourth-order valence-electron chi connectivity index (χ4n) is 4.88. The zero-order valence-corrected chi connectivity index (χ0v) is 23.1. The van der Waals surface area contributed by atoms with E-state index in [2.05, 4.69) is 36.3 Å². The Bertz CT molecular complexity index is 1380. The number of aryl methyl sites for hydroxylation is 1. The predicted octanol–water partition coefficient (Wildman–Crippen LogP) is 4.44. The number of halogens is 1. The van der Waals surface area contributed by atoms with Gasteiger partial charge in [-0.3, -0.25) is 9.69 Å².